The van der Waals surface area contributed by atoms with Gasteiger partial charge in [0.15, 0.2) is 0 Å². The first kappa shape index (κ1) is 20.9. The highest BCUT2D eigenvalue weighted by Gasteiger charge is 2.30. The van der Waals surface area contributed by atoms with Gasteiger partial charge in [-0.05, 0) is 42.7 Å². The van der Waals surface area contributed by atoms with Crippen molar-refractivity contribution >= 4 is 21.6 Å². The molecule has 0 aromatic heterocycles. The minimum Gasteiger partial charge on any atom is -0.340 e. The molecule has 1 saturated heterocycles. The van der Waals surface area contributed by atoms with Crippen LogP contribution < -0.4 is 0 Å². The Morgan fingerprint density at radius 2 is 1.62 bits per heavy atom. The quantitative estimate of drug-likeness (QED) is 0.549. The first-order valence-electron chi connectivity index (χ1n) is 9.27. The fourth-order valence-electron chi connectivity index (χ4n) is 3.27. The molecule has 1 amide bonds. The first-order chi connectivity index (χ1) is 13.7. The largest absolute Gasteiger partial charge is 0.340 e. The van der Waals surface area contributed by atoms with E-state index in [0.29, 0.717) is 13.1 Å². The van der Waals surface area contributed by atoms with E-state index in [1.165, 1.54) is 34.1 Å². The summed E-state index contributed by atoms with van der Waals surface area (Å²) in [6, 6.07) is 10.8. The molecule has 2 aromatic rings. The molecular formula is C20H23N3O5S. The molecule has 1 heterocycles. The first-order valence-corrected chi connectivity index (χ1v) is 10.7. The highest BCUT2D eigenvalue weighted by molar-refractivity contribution is 7.89. The van der Waals surface area contributed by atoms with Gasteiger partial charge in [0, 0.05) is 38.3 Å². The number of hydrogen-bond acceptors (Lipinski definition) is 5. The third-order valence-electron chi connectivity index (χ3n) is 5.20. The number of nitro benzene ring substituents is 1. The summed E-state index contributed by atoms with van der Waals surface area (Å²) in [6.45, 7) is 5.04. The van der Waals surface area contributed by atoms with Crippen LogP contribution in [0.5, 0.6) is 0 Å². The maximum atomic E-state index is 12.8. The van der Waals surface area contributed by atoms with E-state index in [-0.39, 0.29) is 36.0 Å². The molecule has 0 spiro atoms. The van der Waals surface area contributed by atoms with Crippen LogP contribution in [0.25, 0.3) is 0 Å². The highest BCUT2D eigenvalue weighted by Crippen LogP contribution is 2.21. The average Bonchev–Trinajstić information content (AvgIpc) is 2.71. The summed E-state index contributed by atoms with van der Waals surface area (Å²) in [6.07, 6.45) is 0.288. The predicted octanol–water partition coefficient (Wildman–Crippen LogP) is 2.29. The topological polar surface area (TPSA) is 101 Å². The molecule has 0 unspecified atom stereocenters. The number of carbonyl (C=O) groups is 1. The van der Waals surface area contributed by atoms with E-state index in [0.717, 1.165) is 11.1 Å². The second-order valence-electron chi connectivity index (χ2n) is 7.13. The Morgan fingerprint density at radius 1 is 1.00 bits per heavy atom. The standard InChI is InChI=1S/C20H23N3O5S/c1-15-3-4-17(13-16(15)2)14-20(24)21-9-11-22(12-10-21)29(27,28)19-7-5-18(6-8-19)23(25)26/h3-8,13H,9-12,14H2,1-2H3. The molecule has 0 N–H and O–H groups in total. The zero-order chi connectivity index (χ0) is 21.2. The molecule has 154 valence electrons. The van der Waals surface area contributed by atoms with Crippen molar-refractivity contribution in [2.45, 2.75) is 25.2 Å². The van der Waals surface area contributed by atoms with Gasteiger partial charge < -0.3 is 4.90 Å². The summed E-state index contributed by atoms with van der Waals surface area (Å²) in [7, 11) is -3.75. The second-order valence-corrected chi connectivity index (χ2v) is 9.07. The lowest BCUT2D eigenvalue weighted by Gasteiger charge is -2.34. The lowest BCUT2D eigenvalue weighted by Crippen LogP contribution is -2.50. The van der Waals surface area contributed by atoms with E-state index in [9.17, 15) is 23.3 Å². The van der Waals surface area contributed by atoms with Crippen molar-refractivity contribution in [3.05, 3.63) is 69.3 Å². The number of amides is 1. The maximum Gasteiger partial charge on any atom is 0.269 e. The van der Waals surface area contributed by atoms with Gasteiger partial charge >= 0.3 is 0 Å². The van der Waals surface area contributed by atoms with Gasteiger partial charge in [0.2, 0.25) is 15.9 Å². The minimum atomic E-state index is -3.75. The second kappa shape index (κ2) is 8.30. The van der Waals surface area contributed by atoms with Crippen molar-refractivity contribution in [2.24, 2.45) is 0 Å². The Hall–Kier alpha value is -2.78. The number of aryl methyl sites for hydroxylation is 2. The molecule has 0 radical (unpaired) electrons. The normalized spacial score (nSPS) is 15.3. The molecule has 2 aromatic carbocycles. The monoisotopic (exact) mass is 417 g/mol. The van der Waals surface area contributed by atoms with Gasteiger partial charge in [0.1, 0.15) is 0 Å². The Morgan fingerprint density at radius 3 is 2.17 bits per heavy atom. The van der Waals surface area contributed by atoms with E-state index < -0.39 is 14.9 Å². The third-order valence-corrected chi connectivity index (χ3v) is 7.12. The molecule has 1 fully saturated rings. The molecule has 3 rings (SSSR count). The van der Waals surface area contributed by atoms with E-state index in [4.69, 9.17) is 0 Å². The molecule has 0 aliphatic carbocycles. The number of sulfonamides is 1. The van der Waals surface area contributed by atoms with Crippen molar-refractivity contribution in [3.8, 4) is 0 Å². The van der Waals surface area contributed by atoms with Crippen molar-refractivity contribution in [1.29, 1.82) is 0 Å². The summed E-state index contributed by atoms with van der Waals surface area (Å²) in [4.78, 5) is 24.4. The van der Waals surface area contributed by atoms with E-state index >= 15 is 0 Å². The molecule has 0 saturated carbocycles. The van der Waals surface area contributed by atoms with Crippen molar-refractivity contribution < 1.29 is 18.1 Å². The summed E-state index contributed by atoms with van der Waals surface area (Å²) in [5, 5.41) is 10.7. The third kappa shape index (κ3) is 4.63. The number of nitrogens with zero attached hydrogens (tertiary/aromatic N) is 3. The molecular weight excluding hydrogens is 394 g/mol. The summed E-state index contributed by atoms with van der Waals surface area (Å²) in [5.41, 5.74) is 3.09. The lowest BCUT2D eigenvalue weighted by molar-refractivity contribution is -0.384. The van der Waals surface area contributed by atoms with Gasteiger partial charge in [-0.15, -0.1) is 0 Å². The van der Waals surface area contributed by atoms with Crippen LogP contribution in [0.2, 0.25) is 0 Å². The van der Waals surface area contributed by atoms with Crippen LogP contribution >= 0.6 is 0 Å². The van der Waals surface area contributed by atoms with E-state index in [1.54, 1.807) is 4.90 Å². The van der Waals surface area contributed by atoms with Gasteiger partial charge in [0.05, 0.1) is 16.2 Å². The summed E-state index contributed by atoms with van der Waals surface area (Å²) >= 11 is 0. The fourth-order valence-corrected chi connectivity index (χ4v) is 4.69. The van der Waals surface area contributed by atoms with Gasteiger partial charge in [-0.2, -0.15) is 4.31 Å². The van der Waals surface area contributed by atoms with Crippen molar-refractivity contribution in [1.82, 2.24) is 9.21 Å². The highest BCUT2D eigenvalue weighted by atomic mass is 32.2. The lowest BCUT2D eigenvalue weighted by atomic mass is 10.0. The zero-order valence-electron chi connectivity index (χ0n) is 16.4. The minimum absolute atomic E-state index is 0.0120. The number of benzene rings is 2. The SMILES string of the molecule is Cc1ccc(CC(=O)N2CCN(S(=O)(=O)c3ccc([N+](=O)[O-])cc3)CC2)cc1C. The molecule has 29 heavy (non-hydrogen) atoms. The fraction of sp³-hybridized carbons (Fsp3) is 0.350. The van der Waals surface area contributed by atoms with Crippen LogP contribution in [-0.4, -0.2) is 54.6 Å². The molecule has 1 aliphatic rings. The number of rotatable bonds is 5. The van der Waals surface area contributed by atoms with Crippen LogP contribution in [0.15, 0.2) is 47.4 Å². The van der Waals surface area contributed by atoms with Crippen LogP contribution in [0.1, 0.15) is 16.7 Å². The maximum absolute atomic E-state index is 12.8. The molecule has 9 heteroatoms. The Labute approximate surface area is 169 Å². The van der Waals surface area contributed by atoms with Crippen LogP contribution in [0.4, 0.5) is 5.69 Å². The number of non-ortho nitro benzene ring substituents is 1. The number of carbonyl (C=O) groups excluding carboxylic acids is 1. The van der Waals surface area contributed by atoms with E-state index in [2.05, 4.69) is 0 Å². The van der Waals surface area contributed by atoms with Crippen molar-refractivity contribution in [2.75, 3.05) is 26.2 Å². The zero-order valence-corrected chi connectivity index (χ0v) is 17.2. The average molecular weight is 417 g/mol. The van der Waals surface area contributed by atoms with Crippen LogP contribution in [0.3, 0.4) is 0 Å². The Bertz CT molecular complexity index is 1030. The van der Waals surface area contributed by atoms with Gasteiger partial charge in [-0.25, -0.2) is 8.42 Å². The number of nitro groups is 1. The molecule has 1 aliphatic heterocycles. The Balaban J connectivity index is 1.62. The van der Waals surface area contributed by atoms with E-state index in [1.807, 2.05) is 32.0 Å². The van der Waals surface area contributed by atoms with Gasteiger partial charge in [0.25, 0.3) is 5.69 Å². The number of piperazine rings is 1. The molecule has 0 atom stereocenters. The molecule has 0 bridgehead atoms. The predicted molar refractivity (Wildman–Crippen MR) is 108 cm³/mol. The smallest absolute Gasteiger partial charge is 0.269 e. The summed E-state index contributed by atoms with van der Waals surface area (Å²) < 4.78 is 26.8. The number of hydrogen-bond donors (Lipinski definition) is 0. The molecule has 8 nitrogen and oxygen atoms in total. The van der Waals surface area contributed by atoms with Gasteiger partial charge in [-0.1, -0.05) is 18.2 Å². The van der Waals surface area contributed by atoms with Crippen molar-refractivity contribution in [3.63, 3.8) is 0 Å². The van der Waals surface area contributed by atoms with Gasteiger partial charge in [-0.3, -0.25) is 14.9 Å². The summed E-state index contributed by atoms with van der Waals surface area (Å²) in [5.74, 6) is -0.0272. The Kier molecular flexibility index (Phi) is 5.99. The van der Waals surface area contributed by atoms with Crippen LogP contribution in [-0.2, 0) is 21.2 Å². The van der Waals surface area contributed by atoms with Crippen LogP contribution in [0, 0.1) is 24.0 Å².